The van der Waals surface area contributed by atoms with Gasteiger partial charge in [-0.15, -0.1) is 0 Å². The Bertz CT molecular complexity index is 630. The van der Waals surface area contributed by atoms with E-state index in [1.165, 1.54) is 0 Å². The second-order valence-corrected chi connectivity index (χ2v) is 8.53. The van der Waals surface area contributed by atoms with Crippen LogP contribution < -0.4 is 5.32 Å². The first-order valence-corrected chi connectivity index (χ1v) is 8.84. The molecule has 21 heavy (non-hydrogen) atoms. The Balaban J connectivity index is 2.93. The van der Waals surface area contributed by atoms with Crippen molar-refractivity contribution in [1.29, 1.82) is 0 Å². The van der Waals surface area contributed by atoms with Crippen molar-refractivity contribution >= 4 is 54.5 Å². The molecule has 0 fully saturated rings. The van der Waals surface area contributed by atoms with Crippen molar-refractivity contribution in [1.82, 2.24) is 0 Å². The quantitative estimate of drug-likeness (QED) is 0.816. The van der Waals surface area contributed by atoms with Crippen molar-refractivity contribution in [3.8, 4) is 0 Å². The predicted octanol–water partition coefficient (Wildman–Crippen LogP) is 3.67. The van der Waals surface area contributed by atoms with Crippen molar-refractivity contribution in [3.63, 3.8) is 0 Å². The summed E-state index contributed by atoms with van der Waals surface area (Å²) < 4.78 is 27.8. The lowest BCUT2D eigenvalue weighted by Gasteiger charge is -2.19. The fourth-order valence-electron chi connectivity index (χ4n) is 1.27. The third-order valence-corrected chi connectivity index (χ3v) is 4.13. The number of hydrogen-bond donors (Lipinski definition) is 1. The lowest BCUT2D eigenvalue weighted by molar-refractivity contribution is -0.125. The van der Waals surface area contributed by atoms with E-state index in [1.807, 2.05) is 0 Å². The molecule has 1 aromatic carbocycles. The Morgan fingerprint density at radius 2 is 1.71 bits per heavy atom. The molecule has 0 unspecified atom stereocenters. The molecule has 0 bridgehead atoms. The van der Waals surface area contributed by atoms with Gasteiger partial charge in [-0.2, -0.15) is 0 Å². The lowest BCUT2D eigenvalue weighted by Crippen LogP contribution is -2.27. The molecule has 1 aromatic rings. The largest absolute Gasteiger partial charge is 0.366 e. The van der Waals surface area contributed by atoms with Crippen LogP contribution in [0.3, 0.4) is 0 Å². The highest BCUT2D eigenvalue weighted by molar-refractivity contribution is 8.13. The summed E-state index contributed by atoms with van der Waals surface area (Å²) in [5.41, 5.74) is -0.369. The molecule has 0 saturated carbocycles. The standard InChI is InChI=1S/C12H14Cl3NO4S/c1-12(2,3)20-6-10(17)16-11-8(13)4-7(5-9(11)14)21(15,18)19/h4-5H,6H2,1-3H3,(H,16,17). The van der Waals surface area contributed by atoms with Crippen molar-refractivity contribution in [2.75, 3.05) is 11.9 Å². The van der Waals surface area contributed by atoms with E-state index in [1.54, 1.807) is 20.8 Å². The molecule has 1 N–H and O–H groups in total. The summed E-state index contributed by atoms with van der Waals surface area (Å²) in [6.45, 7) is 5.23. The van der Waals surface area contributed by atoms with Gasteiger partial charge in [0.15, 0.2) is 0 Å². The van der Waals surface area contributed by atoms with Gasteiger partial charge in [-0.3, -0.25) is 4.79 Å². The Labute approximate surface area is 137 Å². The third-order valence-electron chi connectivity index (χ3n) is 2.20. The van der Waals surface area contributed by atoms with E-state index in [9.17, 15) is 13.2 Å². The number of nitrogens with one attached hydrogen (secondary N) is 1. The number of benzene rings is 1. The zero-order valence-corrected chi connectivity index (χ0v) is 14.6. The highest BCUT2D eigenvalue weighted by Gasteiger charge is 2.18. The van der Waals surface area contributed by atoms with Crippen molar-refractivity contribution in [2.45, 2.75) is 31.3 Å². The van der Waals surface area contributed by atoms with Crippen molar-refractivity contribution in [3.05, 3.63) is 22.2 Å². The van der Waals surface area contributed by atoms with Gasteiger partial charge in [-0.05, 0) is 32.9 Å². The maximum absolute atomic E-state index is 11.7. The Kier molecular flexibility index (Phi) is 5.91. The summed E-state index contributed by atoms with van der Waals surface area (Å²) in [6.07, 6.45) is 0. The Morgan fingerprint density at radius 3 is 2.10 bits per heavy atom. The summed E-state index contributed by atoms with van der Waals surface area (Å²) >= 11 is 11.8. The highest BCUT2D eigenvalue weighted by atomic mass is 35.7. The number of carbonyl (C=O) groups is 1. The first-order valence-electron chi connectivity index (χ1n) is 5.77. The van der Waals surface area contributed by atoms with Gasteiger partial charge >= 0.3 is 0 Å². The second kappa shape index (κ2) is 6.71. The van der Waals surface area contributed by atoms with E-state index < -0.39 is 20.6 Å². The average Bonchev–Trinajstić information content (AvgIpc) is 2.29. The van der Waals surface area contributed by atoms with Gasteiger partial charge in [-0.1, -0.05) is 23.2 Å². The van der Waals surface area contributed by atoms with Gasteiger partial charge in [0.1, 0.15) is 6.61 Å². The predicted molar refractivity (Wildman–Crippen MR) is 83.8 cm³/mol. The maximum Gasteiger partial charge on any atom is 0.261 e. The topological polar surface area (TPSA) is 72.5 Å². The summed E-state index contributed by atoms with van der Waals surface area (Å²) in [6, 6.07) is 2.21. The average molecular weight is 375 g/mol. The van der Waals surface area contributed by atoms with Crippen molar-refractivity contribution < 1.29 is 17.9 Å². The molecule has 0 aromatic heterocycles. The number of rotatable bonds is 4. The molecule has 0 aliphatic rings. The van der Waals surface area contributed by atoms with Gasteiger partial charge in [0.25, 0.3) is 9.05 Å². The van der Waals surface area contributed by atoms with Crippen LogP contribution in [-0.2, 0) is 18.6 Å². The smallest absolute Gasteiger partial charge is 0.261 e. The minimum absolute atomic E-state index is 0.0363. The molecule has 0 atom stereocenters. The van der Waals surface area contributed by atoms with E-state index in [4.69, 9.17) is 38.6 Å². The van der Waals surface area contributed by atoms with Gasteiger partial charge in [0.2, 0.25) is 5.91 Å². The second-order valence-electron chi connectivity index (χ2n) is 5.15. The number of anilines is 1. The normalized spacial score (nSPS) is 12.3. The molecule has 1 rings (SSSR count). The fraction of sp³-hybridized carbons (Fsp3) is 0.417. The molecule has 0 radical (unpaired) electrons. The molecule has 5 nitrogen and oxygen atoms in total. The summed E-state index contributed by atoms with van der Waals surface area (Å²) in [7, 11) is 1.25. The van der Waals surface area contributed by atoms with E-state index in [0.717, 1.165) is 12.1 Å². The number of halogens is 3. The molecule has 9 heteroatoms. The van der Waals surface area contributed by atoms with E-state index in [0.29, 0.717) is 0 Å². The zero-order valence-electron chi connectivity index (χ0n) is 11.5. The summed E-state index contributed by atoms with van der Waals surface area (Å²) in [4.78, 5) is 11.5. The zero-order chi connectivity index (χ0) is 16.4. The van der Waals surface area contributed by atoms with Crippen molar-refractivity contribution in [2.24, 2.45) is 0 Å². The van der Waals surface area contributed by atoms with Gasteiger partial charge in [0, 0.05) is 10.7 Å². The molecule has 0 heterocycles. The van der Waals surface area contributed by atoms with Crippen LogP contribution in [0.25, 0.3) is 0 Å². The van der Waals surface area contributed by atoms with Crippen LogP contribution in [0.2, 0.25) is 10.0 Å². The molecular weight excluding hydrogens is 361 g/mol. The van der Waals surface area contributed by atoms with E-state index in [-0.39, 0.29) is 27.2 Å². The summed E-state index contributed by atoms with van der Waals surface area (Å²) in [5.74, 6) is -0.463. The molecule has 0 aliphatic heterocycles. The monoisotopic (exact) mass is 373 g/mol. The first-order chi connectivity index (χ1) is 9.40. The Morgan fingerprint density at radius 1 is 1.24 bits per heavy atom. The SMILES string of the molecule is CC(C)(C)OCC(=O)Nc1c(Cl)cc(S(=O)(=O)Cl)cc1Cl. The van der Waals surface area contributed by atoms with Crippen LogP contribution in [0.15, 0.2) is 17.0 Å². The minimum Gasteiger partial charge on any atom is -0.366 e. The first kappa shape index (κ1) is 18.5. The molecule has 0 spiro atoms. The fourth-order valence-corrected chi connectivity index (χ4v) is 2.76. The lowest BCUT2D eigenvalue weighted by atomic mass is 10.2. The Hall–Kier alpha value is -0.530. The molecule has 1 amide bonds. The van der Waals surface area contributed by atoms with Crippen LogP contribution in [0.4, 0.5) is 5.69 Å². The van der Waals surface area contributed by atoms with Crippen LogP contribution in [0, 0.1) is 0 Å². The highest BCUT2D eigenvalue weighted by Crippen LogP contribution is 2.34. The summed E-state index contributed by atoms with van der Waals surface area (Å²) in [5, 5.41) is 2.39. The van der Waals surface area contributed by atoms with Gasteiger partial charge < -0.3 is 10.1 Å². The number of hydrogen-bond acceptors (Lipinski definition) is 4. The number of carbonyl (C=O) groups excluding carboxylic acids is 1. The van der Waals surface area contributed by atoms with Crippen LogP contribution >= 0.6 is 33.9 Å². The van der Waals surface area contributed by atoms with Crippen LogP contribution in [-0.4, -0.2) is 26.5 Å². The van der Waals surface area contributed by atoms with E-state index in [2.05, 4.69) is 5.32 Å². The van der Waals surface area contributed by atoms with E-state index >= 15 is 0 Å². The molecule has 0 aliphatic carbocycles. The molecule has 118 valence electrons. The number of ether oxygens (including phenoxy) is 1. The van der Waals surface area contributed by atoms with Crippen LogP contribution in [0.1, 0.15) is 20.8 Å². The number of amides is 1. The minimum atomic E-state index is -3.96. The van der Waals surface area contributed by atoms with Gasteiger partial charge in [0.05, 0.1) is 26.2 Å². The van der Waals surface area contributed by atoms with Gasteiger partial charge in [-0.25, -0.2) is 8.42 Å². The van der Waals surface area contributed by atoms with Crippen LogP contribution in [0.5, 0.6) is 0 Å². The maximum atomic E-state index is 11.7. The molecule has 0 saturated heterocycles. The molecular formula is C12H14Cl3NO4S. The third kappa shape index (κ3) is 6.00.